The first-order valence-corrected chi connectivity index (χ1v) is 6.53. The summed E-state index contributed by atoms with van der Waals surface area (Å²) in [5, 5.41) is 8.83. The van der Waals surface area contributed by atoms with Crippen molar-refractivity contribution in [3.05, 3.63) is 29.8 Å². The highest BCUT2D eigenvalue weighted by Gasteiger charge is 2.20. The van der Waals surface area contributed by atoms with Crippen molar-refractivity contribution in [2.24, 2.45) is 0 Å². The Balaban J connectivity index is 1.79. The van der Waals surface area contributed by atoms with Gasteiger partial charge in [-0.25, -0.2) is 4.79 Å². The molecule has 0 unspecified atom stereocenters. The van der Waals surface area contributed by atoms with E-state index < -0.39 is 5.97 Å². The second kappa shape index (κ2) is 5.77. The largest absolute Gasteiger partial charge is 0.492 e. The van der Waals surface area contributed by atoms with Crippen LogP contribution >= 0.6 is 11.8 Å². The fourth-order valence-corrected chi connectivity index (χ4v) is 2.45. The maximum Gasteiger partial charge on any atom is 0.335 e. The lowest BCUT2D eigenvalue weighted by Crippen LogP contribution is -2.28. The fraction of sp³-hybridized carbons (Fsp3) is 0.333. The average Bonchev–Trinajstić information content (AvgIpc) is 2.76. The second-order valence-corrected chi connectivity index (χ2v) is 4.83. The van der Waals surface area contributed by atoms with E-state index in [0.717, 1.165) is 12.3 Å². The third-order valence-electron chi connectivity index (χ3n) is 2.58. The lowest BCUT2D eigenvalue weighted by Gasteiger charge is -2.14. The molecule has 96 valence electrons. The highest BCUT2D eigenvalue weighted by molar-refractivity contribution is 8.13. The molecular weight excluding hydrogens is 254 g/mol. The minimum Gasteiger partial charge on any atom is -0.492 e. The lowest BCUT2D eigenvalue weighted by atomic mass is 10.2. The first-order valence-electron chi connectivity index (χ1n) is 5.54. The van der Waals surface area contributed by atoms with Gasteiger partial charge in [0, 0.05) is 12.3 Å². The monoisotopic (exact) mass is 267 g/mol. The van der Waals surface area contributed by atoms with E-state index in [1.165, 1.54) is 23.9 Å². The van der Waals surface area contributed by atoms with Crippen LogP contribution in [0, 0.1) is 0 Å². The van der Waals surface area contributed by atoms with Crippen LogP contribution in [0.1, 0.15) is 10.4 Å². The molecule has 18 heavy (non-hydrogen) atoms. The minimum atomic E-state index is -0.957. The van der Waals surface area contributed by atoms with E-state index in [9.17, 15) is 9.59 Å². The number of aromatic carboxylic acids is 1. The Kier molecular flexibility index (Phi) is 4.09. The summed E-state index contributed by atoms with van der Waals surface area (Å²) in [6, 6.07) is 6.22. The van der Waals surface area contributed by atoms with Crippen LogP contribution in [0.4, 0.5) is 4.79 Å². The topological polar surface area (TPSA) is 66.8 Å². The summed E-state index contributed by atoms with van der Waals surface area (Å²) in [4.78, 5) is 23.7. The quantitative estimate of drug-likeness (QED) is 0.883. The van der Waals surface area contributed by atoms with Gasteiger partial charge in [0.05, 0.1) is 12.1 Å². The Labute approximate surface area is 109 Å². The van der Waals surface area contributed by atoms with E-state index in [1.54, 1.807) is 17.0 Å². The number of nitrogens with zero attached hydrogens (tertiary/aromatic N) is 1. The van der Waals surface area contributed by atoms with Gasteiger partial charge in [-0.3, -0.25) is 4.79 Å². The average molecular weight is 267 g/mol. The number of benzene rings is 1. The predicted molar refractivity (Wildman–Crippen MR) is 68.3 cm³/mol. The van der Waals surface area contributed by atoms with Crippen LogP contribution in [0.25, 0.3) is 0 Å². The molecule has 0 aliphatic carbocycles. The zero-order valence-electron chi connectivity index (χ0n) is 9.67. The number of thioether (sulfide) groups is 1. The minimum absolute atomic E-state index is 0.0971. The van der Waals surface area contributed by atoms with Crippen LogP contribution < -0.4 is 4.74 Å². The number of rotatable bonds is 5. The number of carboxylic acid groups (broad SMARTS) is 1. The van der Waals surface area contributed by atoms with Crippen LogP contribution in [0.2, 0.25) is 0 Å². The number of amides is 1. The number of carbonyl (C=O) groups excluding carboxylic acids is 1. The van der Waals surface area contributed by atoms with Gasteiger partial charge in [0.1, 0.15) is 12.4 Å². The van der Waals surface area contributed by atoms with Crippen LogP contribution in [0.15, 0.2) is 24.3 Å². The molecule has 1 amide bonds. The number of ether oxygens (including phenoxy) is 1. The normalized spacial score (nSPS) is 14.9. The van der Waals surface area contributed by atoms with Crippen molar-refractivity contribution in [3.8, 4) is 5.75 Å². The molecule has 0 spiro atoms. The molecule has 1 aliphatic rings. The van der Waals surface area contributed by atoms with Crippen LogP contribution in [0.3, 0.4) is 0 Å². The SMILES string of the molecule is O=C(O)c1ccc(OCCN2CCSC2=O)cc1. The number of carbonyl (C=O) groups is 2. The Morgan fingerprint density at radius 3 is 2.67 bits per heavy atom. The van der Waals surface area contributed by atoms with Gasteiger partial charge < -0.3 is 14.7 Å². The first-order chi connectivity index (χ1) is 8.66. The molecule has 5 nitrogen and oxygen atoms in total. The first kappa shape index (κ1) is 12.8. The van der Waals surface area contributed by atoms with E-state index in [0.29, 0.717) is 18.9 Å². The van der Waals surface area contributed by atoms with E-state index in [1.807, 2.05) is 0 Å². The van der Waals surface area contributed by atoms with Crippen molar-refractivity contribution >= 4 is 23.0 Å². The molecule has 0 aromatic heterocycles. The van der Waals surface area contributed by atoms with E-state index >= 15 is 0 Å². The van der Waals surface area contributed by atoms with Gasteiger partial charge >= 0.3 is 5.97 Å². The molecule has 0 atom stereocenters. The van der Waals surface area contributed by atoms with Crippen LogP contribution in [-0.2, 0) is 0 Å². The summed E-state index contributed by atoms with van der Waals surface area (Å²) < 4.78 is 5.45. The molecular formula is C12H13NO4S. The zero-order chi connectivity index (χ0) is 13.0. The molecule has 0 radical (unpaired) electrons. The van der Waals surface area contributed by atoms with E-state index in [4.69, 9.17) is 9.84 Å². The van der Waals surface area contributed by atoms with Crippen molar-refractivity contribution < 1.29 is 19.4 Å². The van der Waals surface area contributed by atoms with Gasteiger partial charge in [-0.1, -0.05) is 11.8 Å². The highest BCUT2D eigenvalue weighted by Crippen LogP contribution is 2.17. The van der Waals surface area contributed by atoms with Crippen LogP contribution in [-0.4, -0.2) is 46.7 Å². The summed E-state index contributed by atoms with van der Waals surface area (Å²) in [5.74, 6) is 0.493. The number of hydrogen-bond acceptors (Lipinski definition) is 4. The lowest BCUT2D eigenvalue weighted by molar-refractivity contribution is 0.0697. The molecule has 1 fully saturated rings. The number of carboxylic acids is 1. The predicted octanol–water partition coefficient (Wildman–Crippen LogP) is 1.93. The van der Waals surface area contributed by atoms with Gasteiger partial charge in [0.25, 0.3) is 5.24 Å². The van der Waals surface area contributed by atoms with Crippen molar-refractivity contribution in [2.75, 3.05) is 25.4 Å². The second-order valence-electron chi connectivity index (χ2n) is 3.78. The molecule has 0 saturated carbocycles. The number of hydrogen-bond donors (Lipinski definition) is 1. The highest BCUT2D eigenvalue weighted by atomic mass is 32.2. The van der Waals surface area contributed by atoms with Crippen molar-refractivity contribution in [2.45, 2.75) is 0 Å². The third-order valence-corrected chi connectivity index (χ3v) is 3.47. The Hall–Kier alpha value is -1.69. The molecule has 1 heterocycles. The molecule has 0 bridgehead atoms. The Morgan fingerprint density at radius 1 is 1.39 bits per heavy atom. The van der Waals surface area contributed by atoms with Crippen molar-refractivity contribution in [1.82, 2.24) is 4.90 Å². The Bertz CT molecular complexity index is 446. The summed E-state index contributed by atoms with van der Waals surface area (Å²) >= 11 is 1.32. The zero-order valence-corrected chi connectivity index (χ0v) is 10.5. The molecule has 1 N–H and O–H groups in total. The summed E-state index contributed by atoms with van der Waals surface area (Å²) in [6.45, 7) is 1.75. The van der Waals surface area contributed by atoms with Gasteiger partial charge in [-0.05, 0) is 24.3 Å². The van der Waals surface area contributed by atoms with Gasteiger partial charge in [-0.2, -0.15) is 0 Å². The van der Waals surface area contributed by atoms with E-state index in [2.05, 4.69) is 0 Å². The smallest absolute Gasteiger partial charge is 0.335 e. The molecule has 1 aromatic carbocycles. The van der Waals surface area contributed by atoms with Crippen molar-refractivity contribution in [1.29, 1.82) is 0 Å². The fourth-order valence-electron chi connectivity index (χ4n) is 1.60. The molecule has 1 aromatic rings. The summed E-state index contributed by atoms with van der Waals surface area (Å²) in [6.07, 6.45) is 0. The standard InChI is InChI=1S/C12H13NO4S/c14-11(15)9-1-3-10(4-2-9)17-7-5-13-6-8-18-12(13)16/h1-4H,5-8H2,(H,14,15). The van der Waals surface area contributed by atoms with Gasteiger partial charge in [0.2, 0.25) is 0 Å². The maximum atomic E-state index is 11.3. The Morgan fingerprint density at radius 2 is 2.11 bits per heavy atom. The summed E-state index contributed by atoms with van der Waals surface area (Å²) in [7, 11) is 0. The van der Waals surface area contributed by atoms with Crippen molar-refractivity contribution in [3.63, 3.8) is 0 Å². The van der Waals surface area contributed by atoms with E-state index in [-0.39, 0.29) is 10.8 Å². The molecule has 6 heteroatoms. The van der Waals surface area contributed by atoms with Gasteiger partial charge in [-0.15, -0.1) is 0 Å². The molecule has 2 rings (SSSR count). The maximum absolute atomic E-state index is 11.3. The van der Waals surface area contributed by atoms with Crippen LogP contribution in [0.5, 0.6) is 5.75 Å². The summed E-state index contributed by atoms with van der Waals surface area (Å²) in [5.41, 5.74) is 0.230. The molecule has 1 aliphatic heterocycles. The molecule has 1 saturated heterocycles. The van der Waals surface area contributed by atoms with Gasteiger partial charge in [0.15, 0.2) is 0 Å². The third kappa shape index (κ3) is 3.16.